The molecule has 2 unspecified atom stereocenters. The predicted molar refractivity (Wildman–Crippen MR) is 134 cm³/mol. The molecule has 1 amide bonds. The van der Waals surface area contributed by atoms with Crippen LogP contribution in [0.15, 0.2) is 84.9 Å². The summed E-state index contributed by atoms with van der Waals surface area (Å²) in [5.41, 5.74) is 4.13. The van der Waals surface area contributed by atoms with Crippen LogP contribution in [-0.2, 0) is 32.1 Å². The number of carboxylic acids is 1. The van der Waals surface area contributed by atoms with Gasteiger partial charge >= 0.3 is 11.9 Å². The van der Waals surface area contributed by atoms with E-state index < -0.39 is 11.9 Å². The number of hydrogen-bond acceptors (Lipinski definition) is 4. The monoisotopic (exact) mass is 473 g/mol. The molecule has 0 saturated heterocycles. The lowest BCUT2D eigenvalue weighted by molar-refractivity contribution is -0.150. The van der Waals surface area contributed by atoms with Gasteiger partial charge in [-0.2, -0.15) is 0 Å². The summed E-state index contributed by atoms with van der Waals surface area (Å²) in [5.74, 6) is -2.14. The van der Waals surface area contributed by atoms with E-state index >= 15 is 0 Å². The van der Waals surface area contributed by atoms with Crippen molar-refractivity contribution < 1.29 is 24.2 Å². The van der Waals surface area contributed by atoms with Gasteiger partial charge in [-0.05, 0) is 35.1 Å². The summed E-state index contributed by atoms with van der Waals surface area (Å²) >= 11 is 0. The normalized spacial score (nSPS) is 12.4. The summed E-state index contributed by atoms with van der Waals surface area (Å²) in [4.78, 5) is 35.8. The van der Waals surface area contributed by atoms with Crippen LogP contribution < -0.4 is 5.32 Å². The van der Waals surface area contributed by atoms with E-state index in [9.17, 15) is 14.4 Å². The summed E-state index contributed by atoms with van der Waals surface area (Å²) in [6.45, 7) is 1.98. The standard InChI is InChI=1S/C29H31NO5/c1-21(29(34)35-20-23-8-4-2-5-9-23)18-26(30-27(31)16-17-28(32)33)19-22-12-14-25(15-13-22)24-10-6-3-7-11-24/h2-15,21,26H,16-20H2,1H3,(H,30,31)(H,32,33). The van der Waals surface area contributed by atoms with Crippen LogP contribution in [-0.4, -0.2) is 29.0 Å². The van der Waals surface area contributed by atoms with Gasteiger partial charge in [-0.15, -0.1) is 0 Å². The van der Waals surface area contributed by atoms with Crippen LogP contribution in [0.1, 0.15) is 37.3 Å². The second-order valence-electron chi connectivity index (χ2n) is 8.66. The van der Waals surface area contributed by atoms with E-state index in [1.165, 1.54) is 0 Å². The quantitative estimate of drug-likeness (QED) is 0.361. The Balaban J connectivity index is 1.64. The summed E-state index contributed by atoms with van der Waals surface area (Å²) in [5, 5.41) is 11.8. The molecule has 3 aromatic rings. The van der Waals surface area contributed by atoms with Crippen LogP contribution in [0.5, 0.6) is 0 Å². The molecule has 0 aliphatic carbocycles. The Hall–Kier alpha value is -3.93. The van der Waals surface area contributed by atoms with Crippen molar-refractivity contribution in [1.29, 1.82) is 0 Å². The zero-order valence-corrected chi connectivity index (χ0v) is 19.9. The highest BCUT2D eigenvalue weighted by Crippen LogP contribution is 2.21. The molecule has 0 radical (unpaired) electrons. The van der Waals surface area contributed by atoms with E-state index in [2.05, 4.69) is 5.32 Å². The topological polar surface area (TPSA) is 92.7 Å². The number of benzene rings is 3. The zero-order chi connectivity index (χ0) is 25.0. The molecule has 3 aromatic carbocycles. The van der Waals surface area contributed by atoms with Crippen molar-refractivity contribution in [3.8, 4) is 11.1 Å². The van der Waals surface area contributed by atoms with Crippen LogP contribution in [0.3, 0.4) is 0 Å². The third-order valence-electron chi connectivity index (χ3n) is 5.74. The van der Waals surface area contributed by atoms with Crippen LogP contribution in [0.25, 0.3) is 11.1 Å². The van der Waals surface area contributed by atoms with E-state index in [-0.39, 0.29) is 37.4 Å². The van der Waals surface area contributed by atoms with Crippen molar-refractivity contribution in [3.63, 3.8) is 0 Å². The Labute approximate surface area is 206 Å². The fraction of sp³-hybridized carbons (Fsp3) is 0.276. The van der Waals surface area contributed by atoms with Crippen molar-refractivity contribution >= 4 is 17.8 Å². The number of esters is 1. The largest absolute Gasteiger partial charge is 0.481 e. The first-order chi connectivity index (χ1) is 16.9. The van der Waals surface area contributed by atoms with Gasteiger partial charge in [0.1, 0.15) is 6.61 Å². The molecule has 6 nitrogen and oxygen atoms in total. The average Bonchev–Trinajstić information content (AvgIpc) is 2.87. The van der Waals surface area contributed by atoms with Crippen LogP contribution >= 0.6 is 0 Å². The van der Waals surface area contributed by atoms with Gasteiger partial charge in [-0.25, -0.2) is 0 Å². The van der Waals surface area contributed by atoms with Crippen LogP contribution in [0, 0.1) is 5.92 Å². The highest BCUT2D eigenvalue weighted by atomic mass is 16.5. The van der Waals surface area contributed by atoms with Crippen LogP contribution in [0.4, 0.5) is 0 Å². The van der Waals surface area contributed by atoms with Gasteiger partial charge in [-0.1, -0.05) is 91.9 Å². The van der Waals surface area contributed by atoms with Crippen molar-refractivity contribution in [3.05, 3.63) is 96.1 Å². The molecule has 35 heavy (non-hydrogen) atoms. The number of amides is 1. The van der Waals surface area contributed by atoms with Crippen molar-refractivity contribution in [2.45, 2.75) is 45.3 Å². The highest BCUT2D eigenvalue weighted by Gasteiger charge is 2.22. The van der Waals surface area contributed by atoms with Gasteiger partial charge in [-0.3, -0.25) is 14.4 Å². The molecule has 0 heterocycles. The minimum Gasteiger partial charge on any atom is -0.481 e. The van der Waals surface area contributed by atoms with Gasteiger partial charge in [0.2, 0.25) is 5.91 Å². The molecule has 6 heteroatoms. The molecule has 0 fully saturated rings. The Kier molecular flexibility index (Phi) is 9.60. The van der Waals surface area contributed by atoms with E-state index in [1.54, 1.807) is 6.92 Å². The molecule has 0 aromatic heterocycles. The third kappa shape index (κ3) is 8.74. The molecule has 0 spiro atoms. The minimum absolute atomic E-state index is 0.106. The van der Waals surface area contributed by atoms with Crippen molar-refractivity contribution in [2.75, 3.05) is 0 Å². The number of carbonyl (C=O) groups is 3. The number of carboxylic acid groups (broad SMARTS) is 1. The lowest BCUT2D eigenvalue weighted by atomic mass is 9.94. The van der Waals surface area contributed by atoms with Gasteiger partial charge in [0.05, 0.1) is 12.3 Å². The fourth-order valence-corrected chi connectivity index (χ4v) is 3.86. The molecule has 182 valence electrons. The second-order valence-corrected chi connectivity index (χ2v) is 8.66. The number of carbonyl (C=O) groups excluding carboxylic acids is 2. The first-order valence-corrected chi connectivity index (χ1v) is 11.8. The van der Waals surface area contributed by atoms with E-state index in [4.69, 9.17) is 9.84 Å². The lowest BCUT2D eigenvalue weighted by Gasteiger charge is -2.22. The molecule has 0 aliphatic rings. The van der Waals surface area contributed by atoms with Crippen molar-refractivity contribution in [1.82, 2.24) is 5.32 Å². The van der Waals surface area contributed by atoms with Crippen molar-refractivity contribution in [2.24, 2.45) is 5.92 Å². The lowest BCUT2D eigenvalue weighted by Crippen LogP contribution is -2.39. The number of aliphatic carboxylic acids is 1. The van der Waals surface area contributed by atoms with E-state index in [1.807, 2.05) is 84.9 Å². The maximum Gasteiger partial charge on any atom is 0.309 e. The Morgan fingerprint density at radius 2 is 1.40 bits per heavy atom. The molecule has 2 N–H and O–H groups in total. The molecule has 2 atom stereocenters. The number of hydrogen-bond donors (Lipinski definition) is 2. The number of rotatable bonds is 12. The van der Waals surface area contributed by atoms with E-state index in [0.717, 1.165) is 22.3 Å². The maximum absolute atomic E-state index is 12.6. The van der Waals surface area contributed by atoms with E-state index in [0.29, 0.717) is 12.8 Å². The van der Waals surface area contributed by atoms with Gasteiger partial charge in [0, 0.05) is 12.5 Å². The summed E-state index contributed by atoms with van der Waals surface area (Å²) in [7, 11) is 0. The molecular weight excluding hydrogens is 442 g/mol. The average molecular weight is 474 g/mol. The first-order valence-electron chi connectivity index (χ1n) is 11.8. The fourth-order valence-electron chi connectivity index (χ4n) is 3.86. The predicted octanol–water partition coefficient (Wildman–Crippen LogP) is 5.02. The molecular formula is C29H31NO5. The summed E-state index contributed by atoms with van der Waals surface area (Å²) in [6.07, 6.45) is 0.557. The Bertz CT molecular complexity index is 1100. The molecule has 0 aliphatic heterocycles. The second kappa shape index (κ2) is 13.1. The highest BCUT2D eigenvalue weighted by molar-refractivity contribution is 5.81. The number of nitrogens with one attached hydrogen (secondary N) is 1. The maximum atomic E-state index is 12.6. The van der Waals surface area contributed by atoms with Crippen LogP contribution in [0.2, 0.25) is 0 Å². The molecule has 0 saturated carbocycles. The smallest absolute Gasteiger partial charge is 0.309 e. The Morgan fingerprint density at radius 3 is 2.03 bits per heavy atom. The number of ether oxygens (including phenoxy) is 1. The van der Waals surface area contributed by atoms with Gasteiger partial charge in [0.15, 0.2) is 0 Å². The summed E-state index contributed by atoms with van der Waals surface area (Å²) < 4.78 is 5.46. The summed E-state index contributed by atoms with van der Waals surface area (Å²) in [6, 6.07) is 27.3. The van der Waals surface area contributed by atoms with Gasteiger partial charge in [0.25, 0.3) is 0 Å². The SMILES string of the molecule is CC(CC(Cc1ccc(-c2ccccc2)cc1)NC(=O)CCC(=O)O)C(=O)OCc1ccccc1. The molecule has 3 rings (SSSR count). The Morgan fingerprint density at radius 1 is 0.800 bits per heavy atom. The first kappa shape index (κ1) is 25.7. The third-order valence-corrected chi connectivity index (χ3v) is 5.74. The minimum atomic E-state index is -1.02. The van der Waals surface area contributed by atoms with Gasteiger partial charge < -0.3 is 15.2 Å². The zero-order valence-electron chi connectivity index (χ0n) is 19.9. The molecule has 0 bridgehead atoms.